The van der Waals surface area contributed by atoms with E-state index in [1.165, 1.54) is 0 Å². The summed E-state index contributed by atoms with van der Waals surface area (Å²) < 4.78 is 60.2. The third kappa shape index (κ3) is 3.51. The lowest BCUT2D eigenvalue weighted by atomic mass is 10.2. The fourth-order valence-electron chi connectivity index (χ4n) is 2.01. The van der Waals surface area contributed by atoms with Gasteiger partial charge in [0.15, 0.2) is 0 Å². The van der Waals surface area contributed by atoms with Crippen molar-refractivity contribution in [3.05, 3.63) is 28.2 Å². The summed E-state index contributed by atoms with van der Waals surface area (Å²) >= 11 is 2.80. The smallest absolute Gasteiger partial charge is 0.311 e. The molecule has 0 spiro atoms. The normalized spacial score (nSPS) is 20.1. The van der Waals surface area contributed by atoms with Crippen LogP contribution in [-0.4, -0.2) is 26.1 Å². The van der Waals surface area contributed by atoms with Crippen molar-refractivity contribution in [2.24, 2.45) is 0 Å². The van der Waals surface area contributed by atoms with E-state index in [-0.39, 0.29) is 23.1 Å². The molecular weight excluding hydrogens is 399 g/mol. The summed E-state index contributed by atoms with van der Waals surface area (Å²) in [5.74, 6) is -0.504. The van der Waals surface area contributed by atoms with Gasteiger partial charge in [0.2, 0.25) is 15.0 Å². The molecule has 1 saturated heterocycles. The fraction of sp³-hybridized carbons (Fsp3) is 0.364. The van der Waals surface area contributed by atoms with Crippen molar-refractivity contribution in [3.63, 3.8) is 0 Å². The number of carbonyl (C=O) groups is 1. The molecule has 0 aliphatic carbocycles. The summed E-state index contributed by atoms with van der Waals surface area (Å²) in [6, 6.07) is 3.08. The predicted molar refractivity (Wildman–Crippen MR) is 74.7 cm³/mol. The van der Waals surface area contributed by atoms with Gasteiger partial charge in [-0.15, -0.1) is 0 Å². The third-order valence-corrected chi connectivity index (χ3v) is 5.58. The van der Waals surface area contributed by atoms with Crippen LogP contribution < -0.4 is 4.90 Å². The van der Waals surface area contributed by atoms with Crippen LogP contribution in [-0.2, 0) is 20.0 Å². The Morgan fingerprint density at radius 1 is 1.33 bits per heavy atom. The van der Waals surface area contributed by atoms with Crippen molar-refractivity contribution in [1.82, 2.24) is 0 Å². The van der Waals surface area contributed by atoms with Gasteiger partial charge < -0.3 is 4.90 Å². The van der Waals surface area contributed by atoms with Crippen LogP contribution in [0.25, 0.3) is 0 Å². The highest BCUT2D eigenvalue weighted by atomic mass is 79.9. The van der Waals surface area contributed by atoms with Gasteiger partial charge in [-0.25, -0.2) is 8.42 Å². The van der Waals surface area contributed by atoms with E-state index < -0.39 is 31.9 Å². The maximum absolute atomic E-state index is 12.6. The van der Waals surface area contributed by atoms with Gasteiger partial charge in [0.1, 0.15) is 5.25 Å². The Hall–Kier alpha value is -0.800. The number of alkyl halides is 3. The lowest BCUT2D eigenvalue weighted by Gasteiger charge is -2.18. The van der Waals surface area contributed by atoms with Crippen LogP contribution in [0.5, 0.6) is 0 Å². The zero-order valence-electron chi connectivity index (χ0n) is 10.2. The molecule has 1 aliphatic heterocycles. The fourth-order valence-corrected chi connectivity index (χ4v) is 3.63. The number of amides is 1. The number of carbonyl (C=O) groups excluding carboxylic acids is 1. The van der Waals surface area contributed by atoms with Gasteiger partial charge in [-0.3, -0.25) is 4.79 Å². The minimum absolute atomic E-state index is 0.178. The highest BCUT2D eigenvalue weighted by Gasteiger charge is 2.39. The predicted octanol–water partition coefficient (Wildman–Crippen LogP) is 3.14. The van der Waals surface area contributed by atoms with Crippen molar-refractivity contribution < 1.29 is 26.4 Å². The minimum atomic E-state index is -4.52. The first-order valence-corrected chi connectivity index (χ1v) is 8.77. The second-order valence-corrected chi connectivity index (χ2v) is 8.23. The van der Waals surface area contributed by atoms with Gasteiger partial charge in [0, 0.05) is 33.8 Å². The van der Waals surface area contributed by atoms with Crippen LogP contribution in [0.2, 0.25) is 0 Å². The van der Waals surface area contributed by atoms with E-state index >= 15 is 0 Å². The summed E-state index contributed by atoms with van der Waals surface area (Å²) in [4.78, 5) is 12.9. The number of hydrogen-bond donors (Lipinski definition) is 0. The Balaban J connectivity index is 2.32. The standard InChI is InChI=1S/C11H8BrClF3NO3S/c12-9-3-6(1-2-8(9)11(14,15)16)17-5-7(4-10(17)18)21(13,19)20/h1-3,7H,4-5H2. The molecule has 1 atom stereocenters. The minimum Gasteiger partial charge on any atom is -0.311 e. The van der Waals surface area contributed by atoms with Crippen LogP contribution in [0, 0.1) is 0 Å². The van der Waals surface area contributed by atoms with Gasteiger partial charge in [0.25, 0.3) is 0 Å². The topological polar surface area (TPSA) is 54.5 Å². The molecule has 0 saturated carbocycles. The molecule has 1 aromatic carbocycles. The SMILES string of the molecule is O=C1CC(S(=O)(=O)Cl)CN1c1ccc(C(F)(F)F)c(Br)c1. The quantitative estimate of drug-likeness (QED) is 0.709. The first kappa shape index (κ1) is 16.6. The van der Waals surface area contributed by atoms with Crippen molar-refractivity contribution in [2.75, 3.05) is 11.4 Å². The Morgan fingerprint density at radius 3 is 2.38 bits per heavy atom. The maximum Gasteiger partial charge on any atom is 0.417 e. The second-order valence-electron chi connectivity index (χ2n) is 4.47. The highest BCUT2D eigenvalue weighted by molar-refractivity contribution is 9.10. The molecule has 0 N–H and O–H groups in total. The molecule has 0 bridgehead atoms. The Bertz CT molecular complexity index is 692. The van der Waals surface area contributed by atoms with Gasteiger partial charge in [-0.1, -0.05) is 15.9 Å². The van der Waals surface area contributed by atoms with Gasteiger partial charge in [0.05, 0.1) is 5.56 Å². The summed E-state index contributed by atoms with van der Waals surface area (Å²) in [5.41, 5.74) is -0.692. The molecule has 116 valence electrons. The number of halogens is 5. The van der Waals surface area contributed by atoms with Gasteiger partial charge in [-0.2, -0.15) is 13.2 Å². The monoisotopic (exact) mass is 405 g/mol. The highest BCUT2D eigenvalue weighted by Crippen LogP contribution is 2.37. The number of nitrogens with zero attached hydrogens (tertiary/aromatic N) is 1. The average Bonchev–Trinajstić information content (AvgIpc) is 2.69. The number of anilines is 1. The van der Waals surface area contributed by atoms with E-state index in [9.17, 15) is 26.4 Å². The maximum atomic E-state index is 12.6. The Labute approximate surface area is 131 Å². The Morgan fingerprint density at radius 2 is 1.95 bits per heavy atom. The van der Waals surface area contributed by atoms with Crippen molar-refractivity contribution >= 4 is 47.3 Å². The molecule has 0 radical (unpaired) electrons. The largest absolute Gasteiger partial charge is 0.417 e. The molecule has 1 heterocycles. The summed E-state index contributed by atoms with van der Waals surface area (Å²) in [7, 11) is 1.31. The van der Waals surface area contributed by atoms with Crippen molar-refractivity contribution in [1.29, 1.82) is 0 Å². The van der Waals surface area contributed by atoms with Crippen LogP contribution in [0.1, 0.15) is 12.0 Å². The van der Waals surface area contributed by atoms with Crippen molar-refractivity contribution in [3.8, 4) is 0 Å². The second kappa shape index (κ2) is 5.44. The molecule has 21 heavy (non-hydrogen) atoms. The molecule has 10 heteroatoms. The molecule has 1 aliphatic rings. The first-order chi connectivity index (χ1) is 9.50. The van der Waals surface area contributed by atoms with E-state index in [1.54, 1.807) is 0 Å². The third-order valence-electron chi connectivity index (χ3n) is 3.06. The first-order valence-electron chi connectivity index (χ1n) is 5.60. The Kier molecular flexibility index (Phi) is 4.29. The molecule has 1 amide bonds. The van der Waals surface area contributed by atoms with E-state index in [1.807, 2.05) is 0 Å². The summed E-state index contributed by atoms with van der Waals surface area (Å²) in [6.07, 6.45) is -4.81. The van der Waals surface area contributed by atoms with Crippen LogP contribution in [0.3, 0.4) is 0 Å². The molecule has 1 fully saturated rings. The molecule has 1 unspecified atom stereocenters. The van der Waals surface area contributed by atoms with Crippen LogP contribution in [0.15, 0.2) is 22.7 Å². The molecular formula is C11H8BrClF3NO3S. The lowest BCUT2D eigenvalue weighted by Crippen LogP contribution is -2.26. The summed E-state index contributed by atoms with van der Waals surface area (Å²) in [5, 5.41) is -1.06. The zero-order chi connectivity index (χ0) is 16.0. The molecule has 4 nitrogen and oxygen atoms in total. The number of benzene rings is 1. The van der Waals surface area contributed by atoms with E-state index in [2.05, 4.69) is 15.9 Å². The van der Waals surface area contributed by atoms with E-state index in [0.717, 1.165) is 23.1 Å². The molecule has 1 aromatic rings. The van der Waals surface area contributed by atoms with Crippen molar-refractivity contribution in [2.45, 2.75) is 17.8 Å². The average molecular weight is 407 g/mol. The summed E-state index contributed by atoms with van der Waals surface area (Å²) in [6.45, 7) is -0.178. The molecule has 2 rings (SSSR count). The van der Waals surface area contributed by atoms with Crippen LogP contribution >= 0.6 is 26.6 Å². The zero-order valence-corrected chi connectivity index (χ0v) is 13.4. The van der Waals surface area contributed by atoms with Gasteiger partial charge >= 0.3 is 6.18 Å². The van der Waals surface area contributed by atoms with Gasteiger partial charge in [-0.05, 0) is 18.2 Å². The van der Waals surface area contributed by atoms with E-state index in [4.69, 9.17) is 10.7 Å². The number of rotatable bonds is 2. The van der Waals surface area contributed by atoms with Crippen LogP contribution in [0.4, 0.5) is 18.9 Å². The number of hydrogen-bond acceptors (Lipinski definition) is 3. The van der Waals surface area contributed by atoms with E-state index in [0.29, 0.717) is 0 Å². The molecule has 0 aromatic heterocycles. The lowest BCUT2D eigenvalue weighted by molar-refractivity contribution is -0.138.